The molecule has 0 atom stereocenters. The van der Waals surface area contributed by atoms with Crippen molar-refractivity contribution >= 4 is 41.0 Å². The van der Waals surface area contributed by atoms with Crippen molar-refractivity contribution in [2.24, 2.45) is 15.0 Å². The molecular weight excluding hydrogens is 296 g/mol. The van der Waals surface area contributed by atoms with Gasteiger partial charge in [0, 0.05) is 0 Å². The van der Waals surface area contributed by atoms with E-state index < -0.39 is 23.2 Å². The van der Waals surface area contributed by atoms with Crippen LogP contribution in [0.15, 0.2) is 30.9 Å². The third-order valence-electron chi connectivity index (χ3n) is 3.02. The second kappa shape index (κ2) is 3.91. The number of carbonyl (C=O) groups is 2. The Kier molecular flexibility index (Phi) is 2.14. The zero-order valence-corrected chi connectivity index (χ0v) is 10.5. The third kappa shape index (κ3) is 1.39. The predicted octanol–water partition coefficient (Wildman–Crippen LogP) is -2.11. The first-order valence-corrected chi connectivity index (χ1v) is 5.84. The van der Waals surface area contributed by atoms with Crippen LogP contribution in [0.25, 0.3) is 11.2 Å². The zero-order chi connectivity index (χ0) is 15.4. The normalized spacial score (nSPS) is 17.0. The van der Waals surface area contributed by atoms with Crippen LogP contribution in [0.1, 0.15) is 0 Å². The second-order valence-corrected chi connectivity index (χ2v) is 4.23. The van der Waals surface area contributed by atoms with Crippen LogP contribution in [-0.2, 0) is 4.79 Å². The van der Waals surface area contributed by atoms with E-state index >= 15 is 0 Å². The summed E-state index contributed by atoms with van der Waals surface area (Å²) >= 11 is 0. The molecule has 2 N–H and O–H groups in total. The average molecular weight is 300 g/mol. The Morgan fingerprint density at radius 1 is 1.14 bits per heavy atom. The summed E-state index contributed by atoms with van der Waals surface area (Å²) in [6.45, 7) is 0. The van der Waals surface area contributed by atoms with Crippen LogP contribution in [0.3, 0.4) is 0 Å². The summed E-state index contributed by atoms with van der Waals surface area (Å²) in [5.41, 5.74) is -2.22. The number of H-pyrrole nitrogens is 2. The number of aliphatic imine (C=N–C) groups is 3. The lowest BCUT2D eigenvalue weighted by Crippen LogP contribution is -2.60. The van der Waals surface area contributed by atoms with E-state index in [1.807, 2.05) is 0 Å². The number of hydrogen-bond donors (Lipinski definition) is 2. The molecule has 2 aromatic heterocycles. The van der Waals surface area contributed by atoms with Gasteiger partial charge in [-0.15, -0.1) is 5.01 Å². The van der Waals surface area contributed by atoms with Crippen LogP contribution in [0.5, 0.6) is 0 Å². The highest BCUT2D eigenvalue weighted by Gasteiger charge is 2.39. The molecule has 0 bridgehead atoms. The average Bonchev–Trinajstić information content (AvgIpc) is 3.10. The van der Waals surface area contributed by atoms with E-state index in [4.69, 9.17) is 0 Å². The number of fused-ring (bicyclic) bond motifs is 2. The van der Waals surface area contributed by atoms with E-state index in [1.165, 1.54) is 6.33 Å². The summed E-state index contributed by atoms with van der Waals surface area (Å²) in [5.74, 6) is -1.13. The molecule has 0 saturated carbocycles. The molecule has 4 heterocycles. The number of urea groups is 1. The summed E-state index contributed by atoms with van der Waals surface area (Å²) in [6.07, 6.45) is 2.24. The Bertz CT molecular complexity index is 1060. The Morgan fingerprint density at radius 2 is 1.95 bits per heavy atom. The van der Waals surface area contributed by atoms with E-state index in [2.05, 4.69) is 29.9 Å². The number of hydrogen-bond acceptors (Lipinski definition) is 7. The van der Waals surface area contributed by atoms with Gasteiger partial charge >= 0.3 is 23.2 Å². The Balaban J connectivity index is 2.00. The first-order chi connectivity index (χ1) is 10.6. The molecule has 108 valence electrons. The smallest absolute Gasteiger partial charge is 0.339 e. The van der Waals surface area contributed by atoms with Crippen molar-refractivity contribution in [1.82, 2.24) is 19.6 Å². The molecule has 12 nitrogen and oxygen atoms in total. The quantitative estimate of drug-likeness (QED) is 0.616. The maximum atomic E-state index is 12.3. The first-order valence-electron chi connectivity index (χ1n) is 5.84. The van der Waals surface area contributed by atoms with Gasteiger partial charge in [-0.2, -0.15) is 9.67 Å². The Hall–Kier alpha value is -3.70. The molecule has 0 unspecified atom stereocenters. The zero-order valence-electron chi connectivity index (χ0n) is 10.5. The minimum Gasteiger partial charge on any atom is -0.339 e. The number of imide groups is 1. The number of amidine groups is 1. The Labute approximate surface area is 118 Å². The molecule has 0 radical (unpaired) electrons. The van der Waals surface area contributed by atoms with Gasteiger partial charge in [0.15, 0.2) is 22.7 Å². The van der Waals surface area contributed by atoms with Crippen molar-refractivity contribution < 1.29 is 9.59 Å². The van der Waals surface area contributed by atoms with Crippen molar-refractivity contribution in [3.05, 3.63) is 27.2 Å². The van der Waals surface area contributed by atoms with Gasteiger partial charge in [0.05, 0.1) is 6.33 Å². The van der Waals surface area contributed by atoms with Gasteiger partial charge in [0.1, 0.15) is 6.34 Å². The van der Waals surface area contributed by atoms with E-state index in [-0.39, 0.29) is 22.7 Å². The molecule has 12 heteroatoms. The summed E-state index contributed by atoms with van der Waals surface area (Å²) in [7, 11) is 0. The third-order valence-corrected chi connectivity index (χ3v) is 3.02. The highest BCUT2D eigenvalue weighted by atomic mass is 16.2. The maximum Gasteiger partial charge on any atom is 0.372 e. The fourth-order valence-electron chi connectivity index (χ4n) is 2.08. The number of aromatic amines is 2. The number of carbonyl (C=O) groups excluding carboxylic acids is 2. The van der Waals surface area contributed by atoms with E-state index in [0.29, 0.717) is 9.69 Å². The van der Waals surface area contributed by atoms with Crippen molar-refractivity contribution in [3.8, 4) is 0 Å². The van der Waals surface area contributed by atoms with E-state index in [9.17, 15) is 19.2 Å². The lowest BCUT2D eigenvalue weighted by Gasteiger charge is -2.21. The molecular formula is C10H4N8O4. The van der Waals surface area contributed by atoms with Gasteiger partial charge in [0.25, 0.3) is 0 Å². The number of rotatable bonds is 1. The van der Waals surface area contributed by atoms with Crippen LogP contribution in [-0.4, -0.2) is 49.5 Å². The van der Waals surface area contributed by atoms with Crippen LogP contribution in [0, 0.1) is 0 Å². The largest absolute Gasteiger partial charge is 0.372 e. The molecule has 3 amide bonds. The second-order valence-electron chi connectivity index (χ2n) is 4.23. The van der Waals surface area contributed by atoms with Crippen LogP contribution >= 0.6 is 0 Å². The molecule has 0 aliphatic carbocycles. The lowest BCUT2D eigenvalue weighted by molar-refractivity contribution is -0.113. The molecule has 2 aliphatic heterocycles. The molecule has 0 spiro atoms. The molecule has 4 rings (SSSR count). The highest BCUT2D eigenvalue weighted by molar-refractivity contribution is 6.74. The molecule has 0 fully saturated rings. The van der Waals surface area contributed by atoms with Crippen molar-refractivity contribution in [2.45, 2.75) is 0 Å². The molecule has 2 aromatic rings. The van der Waals surface area contributed by atoms with Gasteiger partial charge in [-0.25, -0.2) is 24.6 Å². The number of aromatic nitrogens is 4. The first kappa shape index (κ1) is 12.1. The van der Waals surface area contributed by atoms with Gasteiger partial charge in [-0.3, -0.25) is 14.6 Å². The van der Waals surface area contributed by atoms with Gasteiger partial charge in [0.2, 0.25) is 0 Å². The summed E-state index contributed by atoms with van der Waals surface area (Å²) in [5, 5.41) is 0.304. The monoisotopic (exact) mass is 300 g/mol. The molecule has 0 aromatic carbocycles. The molecule has 2 aliphatic rings. The number of nitrogens with zero attached hydrogens (tertiary/aromatic N) is 6. The van der Waals surface area contributed by atoms with Gasteiger partial charge in [-0.1, -0.05) is 0 Å². The van der Waals surface area contributed by atoms with Crippen LogP contribution < -0.4 is 16.3 Å². The maximum absolute atomic E-state index is 12.3. The number of nitrogens with one attached hydrogen (secondary N) is 2. The fraction of sp³-hybridized carbons (Fsp3) is 0. The fourth-order valence-corrected chi connectivity index (χ4v) is 2.08. The summed E-state index contributed by atoms with van der Waals surface area (Å²) < 4.78 is 0.340. The predicted molar refractivity (Wildman–Crippen MR) is 73.0 cm³/mol. The van der Waals surface area contributed by atoms with Crippen molar-refractivity contribution in [2.75, 3.05) is 5.01 Å². The van der Waals surface area contributed by atoms with Crippen LogP contribution in [0.4, 0.5) is 4.79 Å². The SMILES string of the molecule is O=C1N=C2N=CN=C2C(=O)N1n1c(=O)[nH]c2nc[nH]c2c1=O. The molecule has 22 heavy (non-hydrogen) atoms. The standard InChI is InChI=1S/C10H4N8O4/c19-7-3-5(13-1-11-3)15-9(21)17(7)18-8(20)4-6(14-2-12-4)16-10(18)22/h1-2H,(H,11,13)(H,15,21). The summed E-state index contributed by atoms with van der Waals surface area (Å²) in [6, 6.07) is -1.12. The summed E-state index contributed by atoms with van der Waals surface area (Å²) in [4.78, 5) is 67.9. The van der Waals surface area contributed by atoms with Gasteiger partial charge in [-0.05, 0) is 0 Å². The minimum absolute atomic E-state index is 0.00823. The highest BCUT2D eigenvalue weighted by Crippen LogP contribution is 2.08. The number of imidazole rings is 1. The van der Waals surface area contributed by atoms with Crippen molar-refractivity contribution in [3.63, 3.8) is 0 Å². The van der Waals surface area contributed by atoms with E-state index in [0.717, 1.165) is 6.34 Å². The minimum atomic E-state index is -1.12. The van der Waals surface area contributed by atoms with E-state index in [1.54, 1.807) is 0 Å². The topological polar surface area (TPSA) is 158 Å². The van der Waals surface area contributed by atoms with Crippen molar-refractivity contribution in [1.29, 1.82) is 0 Å². The van der Waals surface area contributed by atoms with Gasteiger partial charge < -0.3 is 4.98 Å². The van der Waals surface area contributed by atoms with Crippen LogP contribution in [0.2, 0.25) is 0 Å². The molecule has 0 saturated heterocycles. The Morgan fingerprint density at radius 3 is 2.77 bits per heavy atom. The number of amides is 3. The lowest BCUT2D eigenvalue weighted by atomic mass is 10.3.